The zero-order valence-corrected chi connectivity index (χ0v) is 56.3. The van der Waals surface area contributed by atoms with Crippen LogP contribution in [-0.4, -0.2) is 96.7 Å². The maximum atomic E-state index is 13.0. The lowest BCUT2D eigenvalue weighted by atomic mass is 10.00. The first-order valence-corrected chi connectivity index (χ1v) is 36.8. The Morgan fingerprint density at radius 1 is 0.333 bits per heavy atom. The molecule has 0 spiro atoms. The minimum Gasteiger partial charge on any atom is -0.462 e. The summed E-state index contributed by atoms with van der Waals surface area (Å²) in [5.41, 5.74) is 0. The van der Waals surface area contributed by atoms with Crippen LogP contribution in [0, 0.1) is 23.7 Å². The van der Waals surface area contributed by atoms with Gasteiger partial charge in [0.1, 0.15) is 19.3 Å². The third-order valence-electron chi connectivity index (χ3n) is 15.5. The van der Waals surface area contributed by atoms with Crippen molar-refractivity contribution >= 4 is 39.5 Å². The minimum atomic E-state index is -4.95. The lowest BCUT2D eigenvalue weighted by molar-refractivity contribution is -0.161. The molecule has 0 saturated heterocycles. The fourth-order valence-electron chi connectivity index (χ4n) is 9.54. The normalized spacial score (nSPS) is 15.1. The molecular weight excluding hydrogens is 1110 g/mol. The van der Waals surface area contributed by atoms with Gasteiger partial charge in [-0.15, -0.1) is 0 Å². The topological polar surface area (TPSA) is 237 Å². The summed E-state index contributed by atoms with van der Waals surface area (Å²) in [7, 11) is -9.89. The van der Waals surface area contributed by atoms with Crippen LogP contribution in [0.25, 0.3) is 0 Å². The van der Waals surface area contributed by atoms with Crippen molar-refractivity contribution in [2.75, 3.05) is 39.6 Å². The summed E-state index contributed by atoms with van der Waals surface area (Å²) in [6.07, 6.45) is 35.0. The van der Waals surface area contributed by atoms with Crippen molar-refractivity contribution in [1.82, 2.24) is 0 Å². The van der Waals surface area contributed by atoms with Gasteiger partial charge in [0.25, 0.3) is 0 Å². The number of hydrogen-bond donors (Lipinski definition) is 3. The van der Waals surface area contributed by atoms with Crippen molar-refractivity contribution in [3.8, 4) is 0 Å². The van der Waals surface area contributed by atoms with Crippen LogP contribution in [0.5, 0.6) is 0 Å². The number of aliphatic hydroxyl groups is 1. The lowest BCUT2D eigenvalue weighted by Gasteiger charge is -2.21. The molecule has 0 bridgehead atoms. The molecule has 0 heterocycles. The van der Waals surface area contributed by atoms with Crippen LogP contribution < -0.4 is 0 Å². The molecule has 7 atom stereocenters. The largest absolute Gasteiger partial charge is 0.472 e. The van der Waals surface area contributed by atoms with Gasteiger partial charge in [0.15, 0.2) is 12.2 Å². The highest BCUT2D eigenvalue weighted by molar-refractivity contribution is 7.47. The standard InChI is InChI=1S/C65H126O17P2/c1-9-57(7)43-35-27-20-23-30-38-46-63(68)76-51-60(81-64(69)47-39-31-18-16-14-12-11-13-15-17-25-33-41-55(3)4)53-79-83(71,72)77-49-59(66)50-78-84(73,74)80-54-61(52-75-62(67)45-37-29-22-19-26-34-42-56(5)6)82-65(70)48-40-32-24-21-28-36-44-58(8)10-2/h55-61,66H,9-54H2,1-8H3,(H,71,72)(H,73,74)/t57?,58?,59-,60+,61+/m0/s1. The number of ether oxygens (including phenoxy) is 4. The second-order valence-corrected chi connectivity index (χ2v) is 27.8. The van der Waals surface area contributed by atoms with Gasteiger partial charge in [-0.05, 0) is 49.4 Å². The summed E-state index contributed by atoms with van der Waals surface area (Å²) in [6.45, 7) is 13.9. The first-order chi connectivity index (χ1) is 40.2. The Labute approximate surface area is 511 Å². The zero-order valence-electron chi connectivity index (χ0n) is 54.5. The molecule has 4 unspecified atom stereocenters. The number of carbonyl (C=O) groups excluding carboxylic acids is 4. The monoisotopic (exact) mass is 1240 g/mol. The van der Waals surface area contributed by atoms with Crippen LogP contribution in [0.2, 0.25) is 0 Å². The van der Waals surface area contributed by atoms with Crippen molar-refractivity contribution in [2.45, 2.75) is 331 Å². The summed E-state index contributed by atoms with van der Waals surface area (Å²) in [6, 6.07) is 0. The molecule has 17 nitrogen and oxygen atoms in total. The van der Waals surface area contributed by atoms with Gasteiger partial charge in [-0.2, -0.15) is 0 Å². The van der Waals surface area contributed by atoms with E-state index in [9.17, 15) is 43.2 Å². The van der Waals surface area contributed by atoms with Gasteiger partial charge >= 0.3 is 39.5 Å². The van der Waals surface area contributed by atoms with E-state index in [1.165, 1.54) is 103 Å². The van der Waals surface area contributed by atoms with Gasteiger partial charge < -0.3 is 33.8 Å². The SMILES string of the molecule is CCC(C)CCCCCCCCC(=O)OC[C@H](COP(=O)(O)OC[C@H](O)COP(=O)(O)OC[C@@H](COC(=O)CCCCCCCCC(C)C)OC(=O)CCCCCCCCC(C)CC)OC(=O)CCCCCCCCCCCCCCC(C)C. The van der Waals surface area contributed by atoms with Crippen LogP contribution >= 0.6 is 15.6 Å². The van der Waals surface area contributed by atoms with Gasteiger partial charge in [-0.3, -0.25) is 37.3 Å². The number of phosphoric acid groups is 2. The van der Waals surface area contributed by atoms with Gasteiger partial charge in [-0.25, -0.2) is 9.13 Å². The number of hydrogen-bond acceptors (Lipinski definition) is 15. The van der Waals surface area contributed by atoms with Crippen LogP contribution in [-0.2, 0) is 65.4 Å². The van der Waals surface area contributed by atoms with E-state index in [4.69, 9.17) is 37.0 Å². The fraction of sp³-hybridized carbons (Fsp3) is 0.938. The zero-order chi connectivity index (χ0) is 62.5. The summed E-state index contributed by atoms with van der Waals surface area (Å²) in [5, 5.41) is 10.5. The molecule has 0 rings (SSSR count). The second-order valence-electron chi connectivity index (χ2n) is 24.9. The third kappa shape index (κ3) is 56.6. The maximum Gasteiger partial charge on any atom is 0.472 e. The Morgan fingerprint density at radius 3 is 0.845 bits per heavy atom. The van der Waals surface area contributed by atoms with E-state index in [0.717, 1.165) is 120 Å². The van der Waals surface area contributed by atoms with E-state index in [0.29, 0.717) is 31.6 Å². The molecule has 0 radical (unpaired) electrons. The van der Waals surface area contributed by atoms with Gasteiger partial charge in [0.05, 0.1) is 26.4 Å². The Morgan fingerprint density at radius 2 is 0.571 bits per heavy atom. The highest BCUT2D eigenvalue weighted by atomic mass is 31.2. The summed E-state index contributed by atoms with van der Waals surface area (Å²) in [5.74, 6) is 0.765. The van der Waals surface area contributed by atoms with Crippen molar-refractivity contribution in [1.29, 1.82) is 0 Å². The number of phosphoric ester groups is 2. The summed E-state index contributed by atoms with van der Waals surface area (Å²) >= 11 is 0. The van der Waals surface area contributed by atoms with Crippen LogP contribution in [0.15, 0.2) is 0 Å². The molecule has 0 aliphatic carbocycles. The molecule has 0 aromatic carbocycles. The molecule has 3 N–H and O–H groups in total. The lowest BCUT2D eigenvalue weighted by Crippen LogP contribution is -2.30. The summed E-state index contributed by atoms with van der Waals surface area (Å²) < 4.78 is 68.0. The van der Waals surface area contributed by atoms with Crippen molar-refractivity contribution < 1.29 is 80.2 Å². The molecule has 0 amide bonds. The molecule has 0 aliphatic heterocycles. The fourth-order valence-corrected chi connectivity index (χ4v) is 11.1. The number of aliphatic hydroxyl groups excluding tert-OH is 1. The molecule has 0 aromatic rings. The quantitative estimate of drug-likeness (QED) is 0.0222. The van der Waals surface area contributed by atoms with Crippen molar-refractivity contribution in [2.24, 2.45) is 23.7 Å². The first-order valence-electron chi connectivity index (χ1n) is 33.8. The summed E-state index contributed by atoms with van der Waals surface area (Å²) in [4.78, 5) is 72.2. The van der Waals surface area contributed by atoms with E-state index in [2.05, 4.69) is 55.4 Å². The van der Waals surface area contributed by atoms with E-state index in [1.807, 2.05) is 0 Å². The first kappa shape index (κ1) is 82.1. The van der Waals surface area contributed by atoms with Gasteiger partial charge in [-0.1, -0.05) is 261 Å². The smallest absolute Gasteiger partial charge is 0.462 e. The van der Waals surface area contributed by atoms with E-state index >= 15 is 0 Å². The average molecular weight is 1240 g/mol. The van der Waals surface area contributed by atoms with E-state index in [1.54, 1.807) is 0 Å². The van der Waals surface area contributed by atoms with E-state index in [-0.39, 0.29) is 25.7 Å². The number of unbranched alkanes of at least 4 members (excludes halogenated alkanes) is 26. The predicted octanol–water partition coefficient (Wildman–Crippen LogP) is 17.8. The molecule has 0 aromatic heterocycles. The highest BCUT2D eigenvalue weighted by Gasteiger charge is 2.30. The maximum absolute atomic E-state index is 13.0. The Hall–Kier alpha value is -1.94. The average Bonchev–Trinajstić information content (AvgIpc) is 3.45. The Bertz CT molecular complexity index is 1680. The van der Waals surface area contributed by atoms with Crippen LogP contribution in [0.3, 0.4) is 0 Å². The molecule has 19 heteroatoms. The molecule has 0 fully saturated rings. The van der Waals surface area contributed by atoms with Crippen molar-refractivity contribution in [3.63, 3.8) is 0 Å². The van der Waals surface area contributed by atoms with Gasteiger partial charge in [0.2, 0.25) is 0 Å². The molecule has 498 valence electrons. The third-order valence-corrected chi connectivity index (χ3v) is 17.4. The predicted molar refractivity (Wildman–Crippen MR) is 335 cm³/mol. The number of esters is 4. The molecule has 0 aliphatic rings. The molecule has 0 saturated carbocycles. The van der Waals surface area contributed by atoms with Crippen LogP contribution in [0.4, 0.5) is 0 Å². The number of carbonyl (C=O) groups is 4. The van der Waals surface area contributed by atoms with Crippen molar-refractivity contribution in [3.05, 3.63) is 0 Å². The second kappa shape index (κ2) is 55.2. The number of rotatable bonds is 62. The van der Waals surface area contributed by atoms with Crippen LogP contribution in [0.1, 0.15) is 312 Å². The Balaban J connectivity index is 5.25. The molecule has 84 heavy (non-hydrogen) atoms. The Kier molecular flexibility index (Phi) is 53.9. The minimum absolute atomic E-state index is 0.101. The van der Waals surface area contributed by atoms with Gasteiger partial charge in [0, 0.05) is 25.7 Å². The highest BCUT2D eigenvalue weighted by Crippen LogP contribution is 2.45. The molecular formula is C65H126O17P2. The van der Waals surface area contributed by atoms with E-state index < -0.39 is 97.5 Å².